The number of nitrogens with zero attached hydrogens (tertiary/aromatic N) is 1. The number of thiophene rings is 1. The maximum atomic E-state index is 12.7. The van der Waals surface area contributed by atoms with Gasteiger partial charge in [0.2, 0.25) is 0 Å². The highest BCUT2D eigenvalue weighted by molar-refractivity contribution is 7.09. The van der Waals surface area contributed by atoms with E-state index in [-0.39, 0.29) is 12.6 Å². The van der Waals surface area contributed by atoms with Crippen molar-refractivity contribution in [2.24, 2.45) is 11.7 Å². The van der Waals surface area contributed by atoms with Gasteiger partial charge in [-0.25, -0.2) is 0 Å². The Morgan fingerprint density at radius 3 is 2.58 bits per heavy atom. The van der Waals surface area contributed by atoms with E-state index >= 15 is 0 Å². The smallest absolute Gasteiger partial charge is 0.387 e. The summed E-state index contributed by atoms with van der Waals surface area (Å²) in [7, 11) is 1.62. The second-order valence-corrected chi connectivity index (χ2v) is 5.65. The van der Waals surface area contributed by atoms with Gasteiger partial charge in [0.15, 0.2) is 0 Å². The van der Waals surface area contributed by atoms with E-state index in [9.17, 15) is 13.2 Å². The molecule has 0 amide bonds. The van der Waals surface area contributed by atoms with Crippen molar-refractivity contribution in [2.75, 3.05) is 13.6 Å². The Balaban J connectivity index is 2.61. The SMILES string of the molecule is CC(Cc1cccs1)N(C)CC(C(=N)N)C(F)(F)F. The third-order valence-corrected chi connectivity index (χ3v) is 3.97. The lowest BCUT2D eigenvalue weighted by Crippen LogP contribution is -2.45. The Labute approximate surface area is 114 Å². The van der Waals surface area contributed by atoms with Crippen LogP contribution in [-0.2, 0) is 6.42 Å². The van der Waals surface area contributed by atoms with Gasteiger partial charge in [-0.1, -0.05) is 6.07 Å². The zero-order valence-corrected chi connectivity index (χ0v) is 11.7. The molecule has 2 atom stereocenters. The van der Waals surface area contributed by atoms with Crippen molar-refractivity contribution in [3.05, 3.63) is 22.4 Å². The average molecular weight is 293 g/mol. The fourth-order valence-corrected chi connectivity index (χ4v) is 2.55. The molecule has 0 spiro atoms. The van der Waals surface area contributed by atoms with E-state index < -0.39 is 17.9 Å². The second kappa shape index (κ2) is 6.38. The molecule has 3 nitrogen and oxygen atoms in total. The number of nitrogens with two attached hydrogens (primary N) is 1. The van der Waals surface area contributed by atoms with Crippen molar-refractivity contribution in [3.8, 4) is 0 Å². The lowest BCUT2D eigenvalue weighted by molar-refractivity contribution is -0.160. The molecular weight excluding hydrogens is 275 g/mol. The molecule has 19 heavy (non-hydrogen) atoms. The minimum atomic E-state index is -4.47. The van der Waals surface area contributed by atoms with Crippen LogP contribution in [0.2, 0.25) is 0 Å². The average Bonchev–Trinajstić information content (AvgIpc) is 2.75. The summed E-state index contributed by atoms with van der Waals surface area (Å²) >= 11 is 1.58. The number of nitrogens with one attached hydrogen (secondary N) is 1. The summed E-state index contributed by atoms with van der Waals surface area (Å²) in [4.78, 5) is 2.73. The first-order valence-corrected chi connectivity index (χ1v) is 6.73. The number of hydrogen-bond acceptors (Lipinski definition) is 3. The van der Waals surface area contributed by atoms with E-state index in [4.69, 9.17) is 11.1 Å². The molecule has 0 radical (unpaired) electrons. The Kier molecular flexibility index (Phi) is 5.37. The summed E-state index contributed by atoms with van der Waals surface area (Å²) in [5, 5.41) is 9.01. The van der Waals surface area contributed by atoms with Crippen LogP contribution < -0.4 is 5.73 Å². The van der Waals surface area contributed by atoms with Crippen LogP contribution in [0.4, 0.5) is 13.2 Å². The molecule has 2 unspecified atom stereocenters. The highest BCUT2D eigenvalue weighted by Gasteiger charge is 2.42. The fourth-order valence-electron chi connectivity index (χ4n) is 1.72. The maximum absolute atomic E-state index is 12.7. The number of rotatable bonds is 6. The Morgan fingerprint density at radius 1 is 1.53 bits per heavy atom. The molecule has 1 rings (SSSR count). The molecule has 0 aliphatic carbocycles. The first-order chi connectivity index (χ1) is 8.71. The van der Waals surface area contributed by atoms with Gasteiger partial charge in [0.25, 0.3) is 0 Å². The molecule has 0 bridgehead atoms. The van der Waals surface area contributed by atoms with Gasteiger partial charge >= 0.3 is 6.18 Å². The lowest BCUT2D eigenvalue weighted by atomic mass is 10.1. The predicted octanol–water partition coefficient (Wildman–Crippen LogP) is 2.73. The van der Waals surface area contributed by atoms with Crippen LogP contribution in [0, 0.1) is 11.3 Å². The summed E-state index contributed by atoms with van der Waals surface area (Å²) in [6.45, 7) is 1.58. The quantitative estimate of drug-likeness (QED) is 0.626. The topological polar surface area (TPSA) is 53.1 Å². The van der Waals surface area contributed by atoms with Crippen molar-refractivity contribution in [2.45, 2.75) is 25.6 Å². The summed E-state index contributed by atoms with van der Waals surface area (Å²) in [5.41, 5.74) is 5.05. The Hall–Kier alpha value is -1.08. The molecule has 1 aromatic rings. The Morgan fingerprint density at radius 2 is 2.16 bits per heavy atom. The maximum Gasteiger partial charge on any atom is 0.399 e. The van der Waals surface area contributed by atoms with Crippen molar-refractivity contribution < 1.29 is 13.2 Å². The van der Waals surface area contributed by atoms with Gasteiger partial charge in [-0.3, -0.25) is 5.41 Å². The molecule has 0 fully saturated rings. The van der Waals surface area contributed by atoms with E-state index in [1.165, 1.54) is 0 Å². The fraction of sp³-hybridized carbons (Fsp3) is 0.583. The monoisotopic (exact) mass is 293 g/mol. The molecule has 7 heteroatoms. The highest BCUT2D eigenvalue weighted by Crippen LogP contribution is 2.27. The standard InChI is InChI=1S/C12H18F3N3S/c1-8(6-9-4-3-5-19-9)18(2)7-10(11(16)17)12(13,14)15/h3-5,8,10H,6-7H2,1-2H3,(H3,16,17). The molecule has 0 aliphatic heterocycles. The zero-order valence-electron chi connectivity index (χ0n) is 10.9. The lowest BCUT2D eigenvalue weighted by Gasteiger charge is -2.29. The van der Waals surface area contributed by atoms with E-state index in [2.05, 4.69) is 0 Å². The first-order valence-electron chi connectivity index (χ1n) is 5.85. The molecule has 1 aromatic heterocycles. The van der Waals surface area contributed by atoms with Gasteiger partial charge in [0.05, 0.1) is 0 Å². The molecule has 0 saturated carbocycles. The minimum Gasteiger partial charge on any atom is -0.387 e. The largest absolute Gasteiger partial charge is 0.399 e. The second-order valence-electron chi connectivity index (χ2n) is 4.62. The number of hydrogen-bond donors (Lipinski definition) is 2. The Bertz CT molecular complexity index is 403. The van der Waals surface area contributed by atoms with Crippen LogP contribution >= 0.6 is 11.3 Å². The van der Waals surface area contributed by atoms with Crippen LogP contribution in [0.25, 0.3) is 0 Å². The van der Waals surface area contributed by atoms with E-state index in [0.717, 1.165) is 4.88 Å². The number of amidine groups is 1. The summed E-state index contributed by atoms with van der Waals surface area (Å²) in [6.07, 6.45) is -3.78. The molecule has 3 N–H and O–H groups in total. The van der Waals surface area contributed by atoms with E-state index in [1.54, 1.807) is 23.3 Å². The van der Waals surface area contributed by atoms with Gasteiger partial charge in [0, 0.05) is 17.5 Å². The molecule has 108 valence electrons. The molecule has 1 heterocycles. The molecule has 0 aliphatic rings. The predicted molar refractivity (Wildman–Crippen MR) is 71.6 cm³/mol. The van der Waals surface area contributed by atoms with Gasteiger partial charge in [-0.2, -0.15) is 13.2 Å². The summed E-state index contributed by atoms with van der Waals surface area (Å²) in [5.74, 6) is -2.73. The first kappa shape index (κ1) is 16.0. The van der Waals surface area contributed by atoms with Crippen molar-refractivity contribution in [1.82, 2.24) is 4.90 Å². The van der Waals surface area contributed by atoms with Gasteiger partial charge < -0.3 is 10.6 Å². The normalized spacial score (nSPS) is 15.5. The van der Waals surface area contributed by atoms with Gasteiger partial charge in [-0.05, 0) is 31.8 Å². The number of likely N-dealkylation sites (N-methyl/N-ethyl adjacent to an activating group) is 1. The van der Waals surface area contributed by atoms with Crippen LogP contribution in [0.1, 0.15) is 11.8 Å². The van der Waals surface area contributed by atoms with E-state index in [1.807, 2.05) is 24.4 Å². The zero-order chi connectivity index (χ0) is 14.6. The molecule has 0 saturated heterocycles. The number of alkyl halides is 3. The molecular formula is C12H18F3N3S. The van der Waals surface area contributed by atoms with Crippen LogP contribution in [-0.4, -0.2) is 36.5 Å². The van der Waals surface area contributed by atoms with Crippen LogP contribution in [0.5, 0.6) is 0 Å². The van der Waals surface area contributed by atoms with Gasteiger partial charge in [0.1, 0.15) is 11.8 Å². The minimum absolute atomic E-state index is 0.0390. The number of halogens is 3. The van der Waals surface area contributed by atoms with Crippen molar-refractivity contribution in [1.29, 1.82) is 5.41 Å². The third kappa shape index (κ3) is 4.83. The van der Waals surface area contributed by atoms with Crippen LogP contribution in [0.15, 0.2) is 17.5 Å². The van der Waals surface area contributed by atoms with Crippen molar-refractivity contribution in [3.63, 3.8) is 0 Å². The third-order valence-electron chi connectivity index (χ3n) is 3.07. The highest BCUT2D eigenvalue weighted by atomic mass is 32.1. The molecule has 0 aromatic carbocycles. The van der Waals surface area contributed by atoms with Gasteiger partial charge in [-0.15, -0.1) is 11.3 Å². The van der Waals surface area contributed by atoms with Crippen molar-refractivity contribution >= 4 is 17.2 Å². The summed E-state index contributed by atoms with van der Waals surface area (Å²) < 4.78 is 38.2. The van der Waals surface area contributed by atoms with Crippen LogP contribution in [0.3, 0.4) is 0 Å². The van der Waals surface area contributed by atoms with E-state index in [0.29, 0.717) is 6.42 Å². The summed E-state index contributed by atoms with van der Waals surface area (Å²) in [6, 6.07) is 3.84.